The number of guanidine groups is 1. The second-order valence-corrected chi connectivity index (χ2v) is 6.86. The summed E-state index contributed by atoms with van der Waals surface area (Å²) in [4.78, 5) is 10.2. The van der Waals surface area contributed by atoms with Crippen molar-refractivity contribution in [2.75, 3.05) is 6.54 Å². The summed E-state index contributed by atoms with van der Waals surface area (Å²) in [5.41, 5.74) is 2.89. The van der Waals surface area contributed by atoms with Crippen molar-refractivity contribution >= 4 is 17.3 Å². The van der Waals surface area contributed by atoms with Gasteiger partial charge in [-0.2, -0.15) is 0 Å². The van der Waals surface area contributed by atoms with Gasteiger partial charge in [-0.1, -0.05) is 25.1 Å². The highest BCUT2D eigenvalue weighted by Crippen LogP contribution is 2.23. The van der Waals surface area contributed by atoms with Gasteiger partial charge in [0.25, 0.3) is 0 Å². The van der Waals surface area contributed by atoms with Gasteiger partial charge in [-0.3, -0.25) is 0 Å². The smallest absolute Gasteiger partial charge is 0.236 e. The van der Waals surface area contributed by atoms with E-state index in [0.29, 0.717) is 19.0 Å². The molecule has 2 N–H and O–H groups in total. The molecule has 0 bridgehead atoms. The van der Waals surface area contributed by atoms with Crippen LogP contribution in [0.2, 0.25) is 0 Å². The van der Waals surface area contributed by atoms with Gasteiger partial charge in [-0.25, -0.2) is 9.98 Å². The van der Waals surface area contributed by atoms with Gasteiger partial charge in [0.05, 0.1) is 29.4 Å². The minimum atomic E-state index is 0.532. The minimum Gasteiger partial charge on any atom is -0.443 e. The number of rotatable bonds is 8. The molecule has 0 saturated heterocycles. The van der Waals surface area contributed by atoms with Crippen molar-refractivity contribution in [3.05, 3.63) is 46.5 Å². The molecule has 3 aromatic heterocycles. The van der Waals surface area contributed by atoms with E-state index in [2.05, 4.69) is 39.6 Å². The van der Waals surface area contributed by atoms with Gasteiger partial charge in [-0.15, -0.1) is 11.3 Å². The van der Waals surface area contributed by atoms with Gasteiger partial charge in [0.1, 0.15) is 12.0 Å². The van der Waals surface area contributed by atoms with E-state index < -0.39 is 0 Å². The van der Waals surface area contributed by atoms with E-state index in [1.807, 2.05) is 24.4 Å². The summed E-state index contributed by atoms with van der Waals surface area (Å²) in [6.45, 7) is 8.01. The number of nitrogens with one attached hydrogen (secondary N) is 2. The number of aromatic nitrogens is 2. The Morgan fingerprint density at radius 1 is 1.22 bits per heavy atom. The average Bonchev–Trinajstić information content (AvgIpc) is 3.43. The molecule has 3 aromatic rings. The first-order valence-electron chi connectivity index (χ1n) is 9.21. The van der Waals surface area contributed by atoms with Crippen LogP contribution in [0.25, 0.3) is 10.8 Å². The second-order valence-electron chi connectivity index (χ2n) is 5.91. The van der Waals surface area contributed by atoms with Crippen LogP contribution in [0.3, 0.4) is 0 Å². The molecule has 0 spiro atoms. The fourth-order valence-corrected chi connectivity index (χ4v) is 3.35. The zero-order valence-corrected chi connectivity index (χ0v) is 16.7. The molecule has 3 heterocycles. The Hall–Kier alpha value is -2.61. The van der Waals surface area contributed by atoms with Gasteiger partial charge in [-0.05, 0) is 24.8 Å². The average molecular weight is 388 g/mol. The molecule has 0 aromatic carbocycles. The molecule has 8 heteroatoms. The molecule has 144 valence electrons. The maximum absolute atomic E-state index is 5.56. The Balaban J connectivity index is 1.65. The highest BCUT2D eigenvalue weighted by molar-refractivity contribution is 7.13. The lowest BCUT2D eigenvalue weighted by atomic mass is 10.1. The maximum Gasteiger partial charge on any atom is 0.236 e. The second kappa shape index (κ2) is 9.36. The van der Waals surface area contributed by atoms with Gasteiger partial charge in [0.15, 0.2) is 5.96 Å². The summed E-state index contributed by atoms with van der Waals surface area (Å²) in [5, 5.41) is 12.7. The number of aliphatic imine (C=N–C) groups is 1. The summed E-state index contributed by atoms with van der Waals surface area (Å²) in [7, 11) is 0. The Morgan fingerprint density at radius 2 is 2.11 bits per heavy atom. The predicted octanol–water partition coefficient (Wildman–Crippen LogP) is 3.77. The van der Waals surface area contributed by atoms with E-state index in [9.17, 15) is 0 Å². The zero-order chi connectivity index (χ0) is 19.1. The number of hydrogen-bond donors (Lipinski definition) is 2. The number of aryl methyl sites for hydroxylation is 2. The van der Waals surface area contributed by atoms with Crippen molar-refractivity contribution in [2.45, 2.75) is 46.7 Å². The van der Waals surface area contributed by atoms with Crippen LogP contribution in [0.5, 0.6) is 0 Å². The highest BCUT2D eigenvalue weighted by atomic mass is 32.1. The van der Waals surface area contributed by atoms with Gasteiger partial charge < -0.3 is 19.6 Å². The fourth-order valence-electron chi connectivity index (χ4n) is 2.69. The van der Waals surface area contributed by atoms with Crippen molar-refractivity contribution in [2.24, 2.45) is 4.99 Å². The van der Waals surface area contributed by atoms with Crippen LogP contribution in [0, 0.1) is 0 Å². The molecule has 7 nitrogen and oxygen atoms in total. The summed E-state index contributed by atoms with van der Waals surface area (Å²) >= 11 is 1.61. The third kappa shape index (κ3) is 4.77. The fraction of sp³-hybridized carbons (Fsp3) is 0.421. The van der Waals surface area contributed by atoms with Crippen molar-refractivity contribution in [3.63, 3.8) is 0 Å². The van der Waals surface area contributed by atoms with E-state index in [1.165, 1.54) is 0 Å². The Kier molecular flexibility index (Phi) is 6.64. The maximum atomic E-state index is 5.56. The van der Waals surface area contributed by atoms with Crippen LogP contribution in [0.15, 0.2) is 37.7 Å². The molecule has 0 aliphatic heterocycles. The Labute approximate surface area is 162 Å². The molecule has 3 rings (SSSR count). The minimum absolute atomic E-state index is 0.532. The summed E-state index contributed by atoms with van der Waals surface area (Å²) < 4.78 is 11.0. The lowest BCUT2D eigenvalue weighted by molar-refractivity contribution is 0.380. The first kappa shape index (κ1) is 19.2. The van der Waals surface area contributed by atoms with Crippen molar-refractivity contribution in [3.8, 4) is 10.8 Å². The van der Waals surface area contributed by atoms with Crippen LogP contribution >= 0.6 is 11.3 Å². The highest BCUT2D eigenvalue weighted by Gasteiger charge is 2.13. The third-order valence-electron chi connectivity index (χ3n) is 4.07. The number of thiophene rings is 1. The standard InChI is InChI=1S/C19H25N5O2S/c1-4-15-14(16(5-2)26-24-15)11-22-19(20-6-3)21-10-13-12-25-18(23-13)17-8-7-9-27-17/h7-9,12H,4-6,10-11H2,1-3H3,(H2,20,21,22). The monoisotopic (exact) mass is 387 g/mol. The van der Waals surface area contributed by atoms with E-state index in [0.717, 1.165) is 52.9 Å². The number of hydrogen-bond acceptors (Lipinski definition) is 6. The van der Waals surface area contributed by atoms with Gasteiger partial charge >= 0.3 is 0 Å². The van der Waals surface area contributed by atoms with Crippen LogP contribution in [0.4, 0.5) is 0 Å². The third-order valence-corrected chi connectivity index (χ3v) is 4.92. The predicted molar refractivity (Wildman–Crippen MR) is 107 cm³/mol. The Bertz CT molecular complexity index is 845. The zero-order valence-electron chi connectivity index (χ0n) is 15.9. The molecule has 0 aliphatic carbocycles. The summed E-state index contributed by atoms with van der Waals surface area (Å²) in [6, 6.07) is 3.98. The van der Waals surface area contributed by atoms with E-state index >= 15 is 0 Å². The molecule has 0 saturated carbocycles. The summed E-state index contributed by atoms with van der Waals surface area (Å²) in [5.74, 6) is 2.28. The number of oxazole rings is 1. The summed E-state index contributed by atoms with van der Waals surface area (Å²) in [6.07, 6.45) is 3.32. The first-order chi connectivity index (χ1) is 13.2. The topological polar surface area (TPSA) is 88.5 Å². The molecule has 0 atom stereocenters. The lowest BCUT2D eigenvalue weighted by Gasteiger charge is -2.10. The van der Waals surface area contributed by atoms with Gasteiger partial charge in [0, 0.05) is 18.5 Å². The molecule has 27 heavy (non-hydrogen) atoms. The molecule has 0 unspecified atom stereocenters. The van der Waals surface area contributed by atoms with Crippen LogP contribution in [-0.4, -0.2) is 22.6 Å². The Morgan fingerprint density at radius 3 is 2.81 bits per heavy atom. The van der Waals surface area contributed by atoms with Crippen LogP contribution in [-0.2, 0) is 25.9 Å². The van der Waals surface area contributed by atoms with Crippen LogP contribution in [0.1, 0.15) is 43.5 Å². The quantitative estimate of drug-likeness (QED) is 0.452. The van der Waals surface area contributed by atoms with E-state index in [4.69, 9.17) is 8.94 Å². The van der Waals surface area contributed by atoms with Crippen molar-refractivity contribution in [1.82, 2.24) is 20.8 Å². The molecule has 0 radical (unpaired) electrons. The van der Waals surface area contributed by atoms with E-state index in [-0.39, 0.29) is 0 Å². The van der Waals surface area contributed by atoms with Crippen LogP contribution < -0.4 is 10.6 Å². The molecular formula is C19H25N5O2S. The normalized spacial score (nSPS) is 11.7. The molecule has 0 fully saturated rings. The number of nitrogens with zero attached hydrogens (tertiary/aromatic N) is 3. The van der Waals surface area contributed by atoms with Crippen molar-refractivity contribution in [1.29, 1.82) is 0 Å². The van der Waals surface area contributed by atoms with Crippen molar-refractivity contribution < 1.29 is 8.94 Å². The first-order valence-corrected chi connectivity index (χ1v) is 10.1. The lowest BCUT2D eigenvalue weighted by Crippen LogP contribution is -2.36. The largest absolute Gasteiger partial charge is 0.443 e. The molecule has 0 amide bonds. The van der Waals surface area contributed by atoms with E-state index in [1.54, 1.807) is 17.6 Å². The van der Waals surface area contributed by atoms with Gasteiger partial charge in [0.2, 0.25) is 5.89 Å². The molecule has 0 aliphatic rings. The molecular weight excluding hydrogens is 362 g/mol. The SMILES string of the molecule is CCNC(=NCc1c(CC)noc1CC)NCc1coc(-c2cccs2)n1.